The number of nitrogens with one attached hydrogen (secondary N) is 1. The van der Waals surface area contributed by atoms with E-state index in [1.54, 1.807) is 24.3 Å². The van der Waals surface area contributed by atoms with Crippen LogP contribution >= 0.6 is 39.1 Å². The molecule has 0 radical (unpaired) electrons. The Kier molecular flexibility index (Phi) is 5.62. The Morgan fingerprint density at radius 3 is 2.48 bits per heavy atom. The predicted octanol–water partition coefficient (Wildman–Crippen LogP) is 5.47. The number of rotatable bonds is 5. The van der Waals surface area contributed by atoms with Gasteiger partial charge in [0.1, 0.15) is 0 Å². The molecule has 0 unspecified atom stereocenters. The van der Waals surface area contributed by atoms with Crippen LogP contribution in [0.3, 0.4) is 0 Å². The summed E-state index contributed by atoms with van der Waals surface area (Å²) >= 11 is 15.7. The van der Waals surface area contributed by atoms with E-state index in [0.717, 1.165) is 10.0 Å². The number of phenolic OH excluding ortho intramolecular Hbond substituents is 1. The van der Waals surface area contributed by atoms with Crippen LogP contribution in [0.25, 0.3) is 0 Å². The molecule has 6 heteroatoms. The first-order chi connectivity index (χ1) is 10.0. The zero-order chi connectivity index (χ0) is 15.4. The maximum atomic E-state index is 9.68. The van der Waals surface area contributed by atoms with Gasteiger partial charge in [0, 0.05) is 11.0 Å². The third-order valence-corrected chi connectivity index (χ3v) is 3.85. The largest absolute Gasteiger partial charge is 0.504 e. The van der Waals surface area contributed by atoms with Gasteiger partial charge in [-0.1, -0.05) is 45.2 Å². The molecule has 2 N–H and O–H groups in total. The van der Waals surface area contributed by atoms with E-state index in [9.17, 15) is 5.11 Å². The van der Waals surface area contributed by atoms with E-state index in [1.807, 2.05) is 13.0 Å². The second kappa shape index (κ2) is 7.25. The van der Waals surface area contributed by atoms with Crippen LogP contribution in [-0.4, -0.2) is 11.7 Å². The van der Waals surface area contributed by atoms with E-state index in [-0.39, 0.29) is 5.75 Å². The number of hydrogen-bond donors (Lipinski definition) is 2. The highest BCUT2D eigenvalue weighted by Gasteiger charge is 2.08. The molecule has 0 saturated heterocycles. The molecule has 0 aliphatic rings. The minimum Gasteiger partial charge on any atom is -0.504 e. The first-order valence-corrected chi connectivity index (χ1v) is 7.89. The van der Waals surface area contributed by atoms with Crippen molar-refractivity contribution in [1.82, 2.24) is 0 Å². The molecule has 2 aromatic carbocycles. The monoisotopic (exact) mass is 389 g/mol. The van der Waals surface area contributed by atoms with Crippen molar-refractivity contribution >= 4 is 44.8 Å². The van der Waals surface area contributed by atoms with Crippen molar-refractivity contribution in [2.24, 2.45) is 0 Å². The molecule has 0 aromatic heterocycles. The lowest BCUT2D eigenvalue weighted by Crippen LogP contribution is -2.01. The van der Waals surface area contributed by atoms with Crippen LogP contribution < -0.4 is 10.1 Å². The van der Waals surface area contributed by atoms with E-state index in [0.29, 0.717) is 34.6 Å². The summed E-state index contributed by atoms with van der Waals surface area (Å²) in [6.45, 7) is 2.88. The second-order valence-corrected chi connectivity index (χ2v) is 6.06. The van der Waals surface area contributed by atoms with Crippen LogP contribution in [0.4, 0.5) is 5.69 Å². The molecule has 0 aliphatic heterocycles. The van der Waals surface area contributed by atoms with Gasteiger partial charge in [0.05, 0.1) is 22.3 Å². The fourth-order valence-corrected chi connectivity index (χ4v) is 3.18. The Labute approximate surface area is 142 Å². The highest BCUT2D eigenvalue weighted by atomic mass is 79.9. The van der Waals surface area contributed by atoms with E-state index in [1.165, 1.54) is 0 Å². The van der Waals surface area contributed by atoms with Crippen molar-refractivity contribution in [3.05, 3.63) is 50.4 Å². The fraction of sp³-hybridized carbons (Fsp3) is 0.200. The first-order valence-electron chi connectivity index (χ1n) is 6.34. The average Bonchev–Trinajstić information content (AvgIpc) is 2.41. The van der Waals surface area contributed by atoms with Crippen molar-refractivity contribution in [2.45, 2.75) is 13.5 Å². The quantitative estimate of drug-likeness (QED) is 0.710. The van der Waals surface area contributed by atoms with Crippen molar-refractivity contribution < 1.29 is 9.84 Å². The van der Waals surface area contributed by atoms with Crippen LogP contribution in [0.5, 0.6) is 11.5 Å². The molecule has 2 aromatic rings. The van der Waals surface area contributed by atoms with Gasteiger partial charge in [-0.25, -0.2) is 0 Å². The number of benzene rings is 2. The minimum atomic E-state index is 0.125. The summed E-state index contributed by atoms with van der Waals surface area (Å²) in [5.74, 6) is 0.588. The van der Waals surface area contributed by atoms with Crippen molar-refractivity contribution in [3.63, 3.8) is 0 Å². The van der Waals surface area contributed by atoms with Gasteiger partial charge < -0.3 is 15.2 Å². The third kappa shape index (κ3) is 4.19. The van der Waals surface area contributed by atoms with Gasteiger partial charge in [-0.3, -0.25) is 0 Å². The summed E-state index contributed by atoms with van der Waals surface area (Å²) in [4.78, 5) is 0. The summed E-state index contributed by atoms with van der Waals surface area (Å²) in [7, 11) is 0. The number of anilines is 1. The summed E-state index contributed by atoms with van der Waals surface area (Å²) in [5.41, 5.74) is 1.62. The molecule has 112 valence electrons. The topological polar surface area (TPSA) is 41.5 Å². The lowest BCUT2D eigenvalue weighted by Gasteiger charge is -2.12. The van der Waals surface area contributed by atoms with Crippen LogP contribution in [0.15, 0.2) is 34.8 Å². The highest BCUT2D eigenvalue weighted by Crippen LogP contribution is 2.34. The highest BCUT2D eigenvalue weighted by molar-refractivity contribution is 9.10. The van der Waals surface area contributed by atoms with Crippen LogP contribution in [0, 0.1) is 0 Å². The average molecular weight is 391 g/mol. The van der Waals surface area contributed by atoms with Gasteiger partial charge in [0.15, 0.2) is 11.5 Å². The zero-order valence-electron chi connectivity index (χ0n) is 11.3. The minimum absolute atomic E-state index is 0.125. The molecular weight excluding hydrogens is 377 g/mol. The molecule has 0 fully saturated rings. The Morgan fingerprint density at radius 1 is 1.19 bits per heavy atom. The molecular formula is C15H14BrCl2NO2. The Bertz CT molecular complexity index is 627. The predicted molar refractivity (Wildman–Crippen MR) is 90.8 cm³/mol. The van der Waals surface area contributed by atoms with E-state index in [4.69, 9.17) is 27.9 Å². The van der Waals surface area contributed by atoms with Crippen LogP contribution in [0.1, 0.15) is 12.5 Å². The molecule has 0 spiro atoms. The normalized spacial score (nSPS) is 10.5. The lowest BCUT2D eigenvalue weighted by atomic mass is 10.2. The summed E-state index contributed by atoms with van der Waals surface area (Å²) in [6, 6.07) is 8.75. The van der Waals surface area contributed by atoms with Crippen molar-refractivity contribution in [3.8, 4) is 11.5 Å². The Hall–Kier alpha value is -1.10. The number of aromatic hydroxyl groups is 1. The molecule has 0 amide bonds. The maximum Gasteiger partial charge on any atom is 0.161 e. The third-order valence-electron chi connectivity index (χ3n) is 2.80. The standard InChI is InChI=1S/C15H14BrCl2NO2/c1-2-21-14-5-9(3-4-13(14)20)8-19-15-11(17)6-10(16)7-12(15)18/h3-7,19-20H,2,8H2,1H3. The van der Waals surface area contributed by atoms with E-state index < -0.39 is 0 Å². The summed E-state index contributed by atoms with van der Waals surface area (Å²) in [6.07, 6.45) is 0. The van der Waals surface area contributed by atoms with Crippen LogP contribution in [-0.2, 0) is 6.54 Å². The van der Waals surface area contributed by atoms with Gasteiger partial charge in [0.2, 0.25) is 0 Å². The van der Waals surface area contributed by atoms with Gasteiger partial charge in [-0.2, -0.15) is 0 Å². The maximum absolute atomic E-state index is 9.68. The molecule has 0 atom stereocenters. The molecule has 0 aliphatic carbocycles. The first kappa shape index (κ1) is 16.3. The number of hydrogen-bond acceptors (Lipinski definition) is 3. The number of ether oxygens (including phenoxy) is 1. The zero-order valence-corrected chi connectivity index (χ0v) is 14.4. The van der Waals surface area contributed by atoms with E-state index in [2.05, 4.69) is 21.2 Å². The molecule has 21 heavy (non-hydrogen) atoms. The molecule has 0 bridgehead atoms. The Morgan fingerprint density at radius 2 is 1.86 bits per heavy atom. The van der Waals surface area contributed by atoms with Crippen LogP contribution in [0.2, 0.25) is 10.0 Å². The molecule has 0 heterocycles. The van der Waals surface area contributed by atoms with Gasteiger partial charge in [-0.05, 0) is 36.8 Å². The van der Waals surface area contributed by atoms with Gasteiger partial charge in [-0.15, -0.1) is 0 Å². The SMILES string of the molecule is CCOc1cc(CNc2c(Cl)cc(Br)cc2Cl)ccc1O. The molecule has 2 rings (SSSR count). The number of phenols is 1. The van der Waals surface area contributed by atoms with Crippen molar-refractivity contribution in [1.29, 1.82) is 0 Å². The molecule has 0 saturated carbocycles. The van der Waals surface area contributed by atoms with Gasteiger partial charge in [0.25, 0.3) is 0 Å². The fourth-order valence-electron chi connectivity index (χ4n) is 1.84. The smallest absolute Gasteiger partial charge is 0.161 e. The molecule has 3 nitrogen and oxygen atoms in total. The lowest BCUT2D eigenvalue weighted by molar-refractivity contribution is 0.318. The van der Waals surface area contributed by atoms with Gasteiger partial charge >= 0.3 is 0 Å². The van der Waals surface area contributed by atoms with E-state index >= 15 is 0 Å². The Balaban J connectivity index is 2.15. The summed E-state index contributed by atoms with van der Waals surface area (Å²) in [5, 5.41) is 13.9. The van der Waals surface area contributed by atoms with Crippen molar-refractivity contribution in [2.75, 3.05) is 11.9 Å². The second-order valence-electron chi connectivity index (χ2n) is 4.33. The summed E-state index contributed by atoms with van der Waals surface area (Å²) < 4.78 is 6.18. The number of halogens is 3.